The molecule has 2 aromatic heterocycles. The highest BCUT2D eigenvalue weighted by molar-refractivity contribution is 5.58. The van der Waals surface area contributed by atoms with Gasteiger partial charge in [-0.25, -0.2) is 4.98 Å². The Morgan fingerprint density at radius 1 is 1.00 bits per heavy atom. The number of hydrogen-bond donors (Lipinski definition) is 1. The Kier molecular flexibility index (Phi) is 4.64. The van der Waals surface area contributed by atoms with Crippen LogP contribution in [0.25, 0.3) is 11.3 Å². The molecule has 0 saturated carbocycles. The van der Waals surface area contributed by atoms with E-state index in [1.165, 1.54) is 5.56 Å². The van der Waals surface area contributed by atoms with E-state index >= 15 is 0 Å². The molecule has 23 heavy (non-hydrogen) atoms. The van der Waals surface area contributed by atoms with E-state index in [9.17, 15) is 5.11 Å². The van der Waals surface area contributed by atoms with E-state index in [1.54, 1.807) is 7.11 Å². The van der Waals surface area contributed by atoms with Gasteiger partial charge in [0.2, 0.25) is 5.88 Å². The van der Waals surface area contributed by atoms with Gasteiger partial charge in [0.1, 0.15) is 0 Å². The lowest BCUT2D eigenvalue weighted by Gasteiger charge is -2.06. The van der Waals surface area contributed by atoms with Gasteiger partial charge in [0.05, 0.1) is 25.0 Å². The summed E-state index contributed by atoms with van der Waals surface area (Å²) < 4.78 is 7.26. The van der Waals surface area contributed by atoms with Crippen LogP contribution in [-0.2, 0) is 13.2 Å². The van der Waals surface area contributed by atoms with Crippen LogP contribution in [-0.4, -0.2) is 17.2 Å². The van der Waals surface area contributed by atoms with Crippen LogP contribution in [0.2, 0.25) is 0 Å². The van der Waals surface area contributed by atoms with Gasteiger partial charge in [0.15, 0.2) is 18.9 Å². The molecule has 1 aromatic carbocycles. The molecule has 116 valence electrons. The SMILES string of the molecule is COc1cccc(-c2cc(CO)c[n+](Cc3ccccc3)c2)n1. The predicted octanol–water partition coefficient (Wildman–Crippen LogP) is 2.59. The Labute approximate surface area is 135 Å². The first kappa shape index (κ1) is 15.2. The highest BCUT2D eigenvalue weighted by Crippen LogP contribution is 2.19. The van der Waals surface area contributed by atoms with Crippen molar-refractivity contribution in [3.05, 3.63) is 78.1 Å². The average molecular weight is 307 g/mol. The van der Waals surface area contributed by atoms with E-state index < -0.39 is 0 Å². The van der Waals surface area contributed by atoms with Crippen LogP contribution in [0.15, 0.2) is 67.0 Å². The van der Waals surface area contributed by atoms with Crippen molar-refractivity contribution in [1.82, 2.24) is 4.98 Å². The van der Waals surface area contributed by atoms with Gasteiger partial charge in [-0.2, -0.15) is 4.57 Å². The fourth-order valence-electron chi connectivity index (χ4n) is 2.50. The Hall–Kier alpha value is -2.72. The van der Waals surface area contributed by atoms with Gasteiger partial charge in [-0.15, -0.1) is 0 Å². The molecule has 4 heteroatoms. The lowest BCUT2D eigenvalue weighted by molar-refractivity contribution is -0.688. The van der Waals surface area contributed by atoms with Crippen LogP contribution in [0.5, 0.6) is 5.88 Å². The molecular formula is C19H19N2O2+. The minimum atomic E-state index is -0.00734. The summed E-state index contributed by atoms with van der Waals surface area (Å²) in [5.41, 5.74) is 3.83. The third kappa shape index (κ3) is 3.73. The largest absolute Gasteiger partial charge is 0.481 e. The van der Waals surface area contributed by atoms with Gasteiger partial charge >= 0.3 is 0 Å². The van der Waals surface area contributed by atoms with E-state index in [2.05, 4.69) is 21.7 Å². The van der Waals surface area contributed by atoms with Crippen molar-refractivity contribution < 1.29 is 14.4 Å². The lowest BCUT2D eigenvalue weighted by atomic mass is 10.1. The first-order valence-corrected chi connectivity index (χ1v) is 7.47. The molecular weight excluding hydrogens is 288 g/mol. The van der Waals surface area contributed by atoms with Gasteiger partial charge in [-0.05, 0) is 12.1 Å². The van der Waals surface area contributed by atoms with Crippen LogP contribution >= 0.6 is 0 Å². The van der Waals surface area contributed by atoms with Gasteiger partial charge in [-0.1, -0.05) is 36.4 Å². The zero-order chi connectivity index (χ0) is 16.1. The molecule has 0 fully saturated rings. The molecule has 0 unspecified atom stereocenters. The smallest absolute Gasteiger partial charge is 0.213 e. The molecule has 0 aliphatic rings. The summed E-state index contributed by atoms with van der Waals surface area (Å²) in [6.45, 7) is 0.734. The molecule has 0 spiro atoms. The maximum Gasteiger partial charge on any atom is 0.213 e. The first-order valence-electron chi connectivity index (χ1n) is 7.47. The van der Waals surface area contributed by atoms with E-state index in [1.807, 2.05) is 54.9 Å². The summed E-state index contributed by atoms with van der Waals surface area (Å²) in [4.78, 5) is 4.47. The van der Waals surface area contributed by atoms with Crippen LogP contribution in [0.3, 0.4) is 0 Å². The van der Waals surface area contributed by atoms with E-state index in [0.717, 1.165) is 23.4 Å². The number of aliphatic hydroxyl groups is 1. The number of hydrogen-bond acceptors (Lipinski definition) is 3. The van der Waals surface area contributed by atoms with Gasteiger partial charge < -0.3 is 9.84 Å². The van der Waals surface area contributed by atoms with Crippen LogP contribution in [0.4, 0.5) is 0 Å². The topological polar surface area (TPSA) is 46.2 Å². The zero-order valence-corrected chi connectivity index (χ0v) is 13.0. The number of rotatable bonds is 5. The summed E-state index contributed by atoms with van der Waals surface area (Å²) in [6, 6.07) is 17.8. The van der Waals surface area contributed by atoms with Crippen molar-refractivity contribution in [2.24, 2.45) is 0 Å². The van der Waals surface area contributed by atoms with Crippen molar-refractivity contribution in [3.8, 4) is 17.1 Å². The fourth-order valence-corrected chi connectivity index (χ4v) is 2.50. The third-order valence-electron chi connectivity index (χ3n) is 3.60. The Morgan fingerprint density at radius 2 is 1.83 bits per heavy atom. The molecule has 0 amide bonds. The van der Waals surface area contributed by atoms with Crippen molar-refractivity contribution in [2.75, 3.05) is 7.11 Å². The number of aromatic nitrogens is 2. The monoisotopic (exact) mass is 307 g/mol. The second-order valence-corrected chi connectivity index (χ2v) is 5.31. The van der Waals surface area contributed by atoms with E-state index in [0.29, 0.717) is 5.88 Å². The van der Waals surface area contributed by atoms with E-state index in [-0.39, 0.29) is 6.61 Å². The second kappa shape index (κ2) is 7.03. The molecule has 1 N–H and O–H groups in total. The molecule has 0 saturated heterocycles. The summed E-state index contributed by atoms with van der Waals surface area (Å²) in [7, 11) is 1.60. The summed E-state index contributed by atoms with van der Waals surface area (Å²) in [6.07, 6.45) is 3.99. The highest BCUT2D eigenvalue weighted by atomic mass is 16.5. The molecule has 0 aliphatic heterocycles. The number of aliphatic hydroxyl groups excluding tert-OH is 1. The molecule has 0 aliphatic carbocycles. The summed E-state index contributed by atoms with van der Waals surface area (Å²) in [5, 5.41) is 9.54. The lowest BCUT2D eigenvalue weighted by Crippen LogP contribution is -2.34. The van der Waals surface area contributed by atoms with Crippen molar-refractivity contribution >= 4 is 0 Å². The number of nitrogens with zero attached hydrogens (tertiary/aromatic N) is 2. The van der Waals surface area contributed by atoms with Crippen LogP contribution in [0.1, 0.15) is 11.1 Å². The Morgan fingerprint density at radius 3 is 2.57 bits per heavy atom. The fraction of sp³-hybridized carbons (Fsp3) is 0.158. The maximum absolute atomic E-state index is 9.54. The standard InChI is InChI=1S/C19H19N2O2/c1-23-19-9-5-8-18(20-19)17-10-16(14-22)12-21(13-17)11-15-6-3-2-4-7-15/h2-10,12-13,22H,11,14H2,1H3/q+1. The number of ether oxygens (including phenoxy) is 1. The van der Waals surface area contributed by atoms with Crippen molar-refractivity contribution in [3.63, 3.8) is 0 Å². The molecule has 0 radical (unpaired) electrons. The average Bonchev–Trinajstić information content (AvgIpc) is 2.62. The summed E-state index contributed by atoms with van der Waals surface area (Å²) >= 11 is 0. The Bertz CT molecular complexity index is 788. The predicted molar refractivity (Wildman–Crippen MR) is 87.9 cm³/mol. The summed E-state index contributed by atoms with van der Waals surface area (Å²) in [5.74, 6) is 0.575. The van der Waals surface area contributed by atoms with Gasteiger partial charge in [0.25, 0.3) is 0 Å². The third-order valence-corrected chi connectivity index (χ3v) is 3.60. The maximum atomic E-state index is 9.54. The molecule has 0 bridgehead atoms. The minimum Gasteiger partial charge on any atom is -0.481 e. The second-order valence-electron chi connectivity index (χ2n) is 5.31. The quantitative estimate of drug-likeness (QED) is 0.737. The highest BCUT2D eigenvalue weighted by Gasteiger charge is 2.11. The van der Waals surface area contributed by atoms with Crippen molar-refractivity contribution in [1.29, 1.82) is 0 Å². The van der Waals surface area contributed by atoms with E-state index in [4.69, 9.17) is 4.74 Å². The van der Waals surface area contributed by atoms with Crippen molar-refractivity contribution in [2.45, 2.75) is 13.2 Å². The first-order chi connectivity index (χ1) is 11.3. The molecule has 0 atom stereocenters. The number of pyridine rings is 2. The molecule has 3 rings (SSSR count). The minimum absolute atomic E-state index is 0.00734. The molecule has 3 aromatic rings. The molecule has 4 nitrogen and oxygen atoms in total. The number of methoxy groups -OCH3 is 1. The zero-order valence-electron chi connectivity index (χ0n) is 13.0. The molecule has 2 heterocycles. The van der Waals surface area contributed by atoms with Crippen LogP contribution in [0, 0.1) is 0 Å². The van der Waals surface area contributed by atoms with Gasteiger partial charge in [0, 0.05) is 17.2 Å². The Balaban J connectivity index is 1.98. The van der Waals surface area contributed by atoms with Gasteiger partial charge in [-0.3, -0.25) is 0 Å². The van der Waals surface area contributed by atoms with Crippen LogP contribution < -0.4 is 9.30 Å². The normalized spacial score (nSPS) is 10.5. The number of benzene rings is 1.